The Hall–Kier alpha value is -0.970. The summed E-state index contributed by atoms with van der Waals surface area (Å²) in [6.45, 7) is 2.02. The van der Waals surface area contributed by atoms with Gasteiger partial charge in [-0.15, -0.1) is 0 Å². The first-order valence-corrected chi connectivity index (χ1v) is 6.26. The van der Waals surface area contributed by atoms with Crippen molar-refractivity contribution in [1.82, 2.24) is 0 Å². The van der Waals surface area contributed by atoms with Crippen LogP contribution in [0.25, 0.3) is 0 Å². The van der Waals surface area contributed by atoms with Crippen molar-refractivity contribution < 1.29 is 14.3 Å². The molecule has 1 aliphatic rings. The summed E-state index contributed by atoms with van der Waals surface area (Å²) < 4.78 is 4.90. The van der Waals surface area contributed by atoms with Gasteiger partial charge in [0.25, 0.3) is 0 Å². The number of rotatable bonds is 3. The number of hydrogen-bond donors (Lipinski definition) is 1. The molecule has 88 valence electrons. The summed E-state index contributed by atoms with van der Waals surface area (Å²) in [5.74, 6) is -0.359. The van der Waals surface area contributed by atoms with Gasteiger partial charge in [-0.05, 0) is 18.9 Å². The monoisotopic (exact) mass is 287 g/mol. The zero-order valence-corrected chi connectivity index (χ0v) is 10.7. The Morgan fingerprint density at radius 3 is 2.75 bits per heavy atom. The van der Waals surface area contributed by atoms with E-state index in [1.54, 1.807) is 6.92 Å². The number of alkyl halides is 1. The molecule has 1 rings (SSSR count). The highest BCUT2D eigenvalue weighted by Gasteiger charge is 2.24. The first-order chi connectivity index (χ1) is 7.60. The van der Waals surface area contributed by atoms with E-state index >= 15 is 0 Å². The van der Waals surface area contributed by atoms with Crippen LogP contribution < -0.4 is 0 Å². The van der Waals surface area contributed by atoms with Gasteiger partial charge < -0.3 is 10.1 Å². The number of Topliss-reactive ketones (excluding diaryl/α,β-unsaturated/α-hetero) is 1. The third-order valence-electron chi connectivity index (χ3n) is 2.41. The van der Waals surface area contributed by atoms with Crippen LogP contribution in [0, 0.1) is 5.41 Å². The van der Waals surface area contributed by atoms with E-state index in [9.17, 15) is 9.59 Å². The third kappa shape index (κ3) is 3.01. The molecule has 4 nitrogen and oxygen atoms in total. The molecular formula is C11H14BrNO3. The number of carbonyl (C=O) groups excluding carboxylic acids is 2. The Morgan fingerprint density at radius 1 is 1.50 bits per heavy atom. The molecule has 1 saturated carbocycles. The Bertz CT molecular complexity index is 360. The highest BCUT2D eigenvalue weighted by molar-refractivity contribution is 9.09. The summed E-state index contributed by atoms with van der Waals surface area (Å²) in [6, 6.07) is 0. The number of esters is 1. The van der Waals surface area contributed by atoms with Crippen molar-refractivity contribution in [3.63, 3.8) is 0 Å². The van der Waals surface area contributed by atoms with Gasteiger partial charge in [0.2, 0.25) is 0 Å². The second-order valence-corrected chi connectivity index (χ2v) is 4.07. The fourth-order valence-corrected chi connectivity index (χ4v) is 2.14. The number of carbonyl (C=O) groups is 2. The molecule has 1 N–H and O–H groups in total. The van der Waals surface area contributed by atoms with E-state index in [0.717, 1.165) is 0 Å². The minimum absolute atomic E-state index is 0.0775. The highest BCUT2D eigenvalue weighted by Crippen LogP contribution is 2.22. The van der Waals surface area contributed by atoms with Gasteiger partial charge in [0, 0.05) is 23.9 Å². The molecule has 0 aliphatic heterocycles. The second kappa shape index (κ2) is 5.94. The fraction of sp³-hybridized carbons (Fsp3) is 0.545. The standard InChI is InChI=1S/C11H14BrNO3/c1-2-16-11(15)9(6-12)8-5-7(14)3-4-10(8)13/h13H,2-6H2,1H3. The van der Waals surface area contributed by atoms with E-state index in [0.29, 0.717) is 41.6 Å². The van der Waals surface area contributed by atoms with Crippen LogP contribution in [-0.4, -0.2) is 29.4 Å². The lowest BCUT2D eigenvalue weighted by atomic mass is 9.89. The van der Waals surface area contributed by atoms with Crippen molar-refractivity contribution in [2.45, 2.75) is 26.2 Å². The molecule has 0 bridgehead atoms. The van der Waals surface area contributed by atoms with Crippen LogP contribution in [0.3, 0.4) is 0 Å². The van der Waals surface area contributed by atoms with Gasteiger partial charge in [0.05, 0.1) is 12.2 Å². The topological polar surface area (TPSA) is 67.2 Å². The van der Waals surface area contributed by atoms with Crippen molar-refractivity contribution >= 4 is 33.4 Å². The van der Waals surface area contributed by atoms with Crippen LogP contribution in [0.5, 0.6) is 0 Å². The molecule has 5 heteroatoms. The lowest BCUT2D eigenvalue weighted by molar-refractivity contribution is -0.138. The van der Waals surface area contributed by atoms with Gasteiger partial charge in [-0.3, -0.25) is 4.79 Å². The molecule has 0 amide bonds. The van der Waals surface area contributed by atoms with Gasteiger partial charge in [-0.1, -0.05) is 15.9 Å². The van der Waals surface area contributed by atoms with E-state index in [4.69, 9.17) is 10.1 Å². The molecule has 0 unspecified atom stereocenters. The summed E-state index contributed by atoms with van der Waals surface area (Å²) in [5.41, 5.74) is 1.31. The van der Waals surface area contributed by atoms with Crippen LogP contribution in [0.4, 0.5) is 0 Å². The third-order valence-corrected chi connectivity index (χ3v) is 2.97. The van der Waals surface area contributed by atoms with Crippen LogP contribution in [-0.2, 0) is 14.3 Å². The normalized spacial score (nSPS) is 19.6. The van der Waals surface area contributed by atoms with E-state index in [1.807, 2.05) is 0 Å². The SMILES string of the molecule is CCOC(=O)C(CBr)=C1CC(=O)CCC1=N. The van der Waals surface area contributed by atoms with Crippen molar-refractivity contribution in [1.29, 1.82) is 5.41 Å². The fourth-order valence-electron chi connectivity index (χ4n) is 1.57. The lowest BCUT2D eigenvalue weighted by Gasteiger charge is -2.17. The van der Waals surface area contributed by atoms with Crippen LogP contribution in [0.2, 0.25) is 0 Å². The maximum Gasteiger partial charge on any atom is 0.335 e. The Balaban J connectivity index is 3.00. The molecule has 1 fully saturated rings. The zero-order valence-electron chi connectivity index (χ0n) is 9.14. The van der Waals surface area contributed by atoms with E-state index in [1.165, 1.54) is 0 Å². The molecule has 0 radical (unpaired) electrons. The number of halogens is 1. The molecule has 0 heterocycles. The van der Waals surface area contributed by atoms with Gasteiger partial charge in [0.15, 0.2) is 0 Å². The van der Waals surface area contributed by atoms with Gasteiger partial charge in [-0.25, -0.2) is 4.79 Å². The molecule has 0 aromatic carbocycles. The summed E-state index contributed by atoms with van der Waals surface area (Å²) in [4.78, 5) is 22.9. The maximum atomic E-state index is 11.6. The predicted molar refractivity (Wildman–Crippen MR) is 64.0 cm³/mol. The van der Waals surface area contributed by atoms with Gasteiger partial charge in [-0.2, -0.15) is 0 Å². The average Bonchev–Trinajstić information content (AvgIpc) is 2.24. The summed E-state index contributed by atoms with van der Waals surface area (Å²) in [5, 5.41) is 8.07. The molecule has 0 saturated heterocycles. The summed E-state index contributed by atoms with van der Waals surface area (Å²) in [6.07, 6.45) is 1.00. The zero-order chi connectivity index (χ0) is 12.1. The average molecular weight is 288 g/mol. The summed E-state index contributed by atoms with van der Waals surface area (Å²) in [7, 11) is 0. The second-order valence-electron chi connectivity index (χ2n) is 3.51. The smallest absolute Gasteiger partial charge is 0.335 e. The molecule has 1 aliphatic carbocycles. The molecule has 0 aromatic heterocycles. The summed E-state index contributed by atoms with van der Waals surface area (Å²) >= 11 is 3.20. The highest BCUT2D eigenvalue weighted by atomic mass is 79.9. The van der Waals surface area contributed by atoms with Crippen molar-refractivity contribution in [3.05, 3.63) is 11.1 Å². The van der Waals surface area contributed by atoms with E-state index in [-0.39, 0.29) is 12.2 Å². The lowest BCUT2D eigenvalue weighted by Crippen LogP contribution is -2.22. The predicted octanol–water partition coefficient (Wildman–Crippen LogP) is 2.01. The van der Waals surface area contributed by atoms with Crippen LogP contribution in [0.15, 0.2) is 11.1 Å². The molecule has 16 heavy (non-hydrogen) atoms. The Morgan fingerprint density at radius 2 is 2.19 bits per heavy atom. The molecule has 0 aromatic rings. The first kappa shape index (κ1) is 13.1. The van der Waals surface area contributed by atoms with Crippen LogP contribution in [0.1, 0.15) is 26.2 Å². The molecule has 0 atom stereocenters. The van der Waals surface area contributed by atoms with E-state index in [2.05, 4.69) is 15.9 Å². The first-order valence-electron chi connectivity index (χ1n) is 5.14. The minimum atomic E-state index is -0.436. The van der Waals surface area contributed by atoms with Crippen molar-refractivity contribution in [3.8, 4) is 0 Å². The largest absolute Gasteiger partial charge is 0.463 e. The number of ketones is 1. The van der Waals surface area contributed by atoms with Gasteiger partial charge in [0.1, 0.15) is 5.78 Å². The molecule has 0 spiro atoms. The minimum Gasteiger partial charge on any atom is -0.463 e. The van der Waals surface area contributed by atoms with E-state index < -0.39 is 5.97 Å². The number of ether oxygens (including phenoxy) is 1. The van der Waals surface area contributed by atoms with Crippen molar-refractivity contribution in [2.24, 2.45) is 0 Å². The Kier molecular flexibility index (Phi) is 4.86. The van der Waals surface area contributed by atoms with Crippen LogP contribution >= 0.6 is 15.9 Å². The maximum absolute atomic E-state index is 11.6. The quantitative estimate of drug-likeness (QED) is 0.491. The van der Waals surface area contributed by atoms with Crippen molar-refractivity contribution in [2.75, 3.05) is 11.9 Å². The molecular weight excluding hydrogens is 274 g/mol. The number of hydrogen-bond acceptors (Lipinski definition) is 4. The van der Waals surface area contributed by atoms with Gasteiger partial charge >= 0.3 is 5.97 Å². The number of allylic oxidation sites excluding steroid dienone is 1. The Labute approximate surface area is 103 Å². The number of nitrogens with one attached hydrogen (secondary N) is 1.